The summed E-state index contributed by atoms with van der Waals surface area (Å²) in [6.45, 7) is 6.59. The third kappa shape index (κ3) is 50.5. The van der Waals surface area contributed by atoms with Gasteiger partial charge >= 0.3 is 17.9 Å². The van der Waals surface area contributed by atoms with Gasteiger partial charge in [0.1, 0.15) is 13.2 Å². The van der Waals surface area contributed by atoms with Crippen molar-refractivity contribution in [1.82, 2.24) is 0 Å². The van der Waals surface area contributed by atoms with Crippen molar-refractivity contribution in [2.75, 3.05) is 13.2 Å². The van der Waals surface area contributed by atoms with Gasteiger partial charge < -0.3 is 14.2 Å². The zero-order valence-electron chi connectivity index (χ0n) is 42.1. The summed E-state index contributed by atoms with van der Waals surface area (Å²) >= 11 is 0. The maximum Gasteiger partial charge on any atom is 0.306 e. The number of hydrogen-bond donors (Lipinski definition) is 0. The number of carbonyl (C=O) groups excluding carboxylic acids is 3. The molecule has 0 heterocycles. The largest absolute Gasteiger partial charge is 0.462 e. The van der Waals surface area contributed by atoms with Crippen LogP contribution < -0.4 is 0 Å². The van der Waals surface area contributed by atoms with Gasteiger partial charge in [-0.1, -0.05) is 218 Å². The van der Waals surface area contributed by atoms with E-state index in [1.54, 1.807) is 0 Å². The molecule has 0 aromatic heterocycles. The fraction of sp³-hybridized carbons (Fsp3) is 0.842. The molecule has 0 rings (SSSR count). The van der Waals surface area contributed by atoms with Crippen LogP contribution >= 0.6 is 0 Å². The molecule has 0 aromatic rings. The van der Waals surface area contributed by atoms with Gasteiger partial charge in [-0.15, -0.1) is 0 Å². The number of ether oxygens (including phenoxy) is 3. The van der Waals surface area contributed by atoms with Gasteiger partial charge in [0.15, 0.2) is 6.10 Å². The molecule has 6 heteroatoms. The Morgan fingerprint density at radius 1 is 0.302 bits per heavy atom. The molecular weight excluding hydrogens is 781 g/mol. The van der Waals surface area contributed by atoms with E-state index in [2.05, 4.69) is 57.2 Å². The molecule has 63 heavy (non-hydrogen) atoms. The first-order valence-corrected chi connectivity index (χ1v) is 27.5. The Bertz CT molecular complexity index is 1060. The van der Waals surface area contributed by atoms with Gasteiger partial charge in [-0.25, -0.2) is 0 Å². The van der Waals surface area contributed by atoms with Crippen molar-refractivity contribution < 1.29 is 28.6 Å². The minimum atomic E-state index is -0.777. The van der Waals surface area contributed by atoms with Gasteiger partial charge in [-0.05, 0) is 89.9 Å². The lowest BCUT2D eigenvalue weighted by atomic mass is 10.0. The molecule has 0 amide bonds. The summed E-state index contributed by atoms with van der Waals surface area (Å²) in [6, 6.07) is 0. The lowest BCUT2D eigenvalue weighted by molar-refractivity contribution is -0.167. The Hall–Kier alpha value is -2.37. The zero-order chi connectivity index (χ0) is 45.8. The Morgan fingerprint density at radius 3 is 0.857 bits per heavy atom. The number of allylic oxidation sites excluding steroid dienone is 6. The van der Waals surface area contributed by atoms with Gasteiger partial charge in [-0.3, -0.25) is 14.4 Å². The van der Waals surface area contributed by atoms with Crippen LogP contribution in [0, 0.1) is 0 Å². The van der Waals surface area contributed by atoms with E-state index in [1.807, 2.05) is 0 Å². The molecule has 0 N–H and O–H groups in total. The van der Waals surface area contributed by atoms with E-state index in [9.17, 15) is 14.4 Å². The summed E-state index contributed by atoms with van der Waals surface area (Å²) in [4.78, 5) is 38.0. The first kappa shape index (κ1) is 60.6. The normalized spacial score (nSPS) is 12.2. The maximum atomic E-state index is 12.8. The van der Waals surface area contributed by atoms with Crippen LogP contribution in [0.3, 0.4) is 0 Å². The molecule has 0 aliphatic rings. The molecule has 1 atom stereocenters. The summed E-state index contributed by atoms with van der Waals surface area (Å²) in [5.41, 5.74) is 0. The summed E-state index contributed by atoms with van der Waals surface area (Å²) < 4.78 is 16.8. The molecule has 368 valence electrons. The summed E-state index contributed by atoms with van der Waals surface area (Å²) in [5.74, 6) is -0.886. The van der Waals surface area contributed by atoms with Gasteiger partial charge in [0.25, 0.3) is 0 Å². The third-order valence-corrected chi connectivity index (χ3v) is 12.1. The van der Waals surface area contributed by atoms with E-state index in [0.29, 0.717) is 19.3 Å². The van der Waals surface area contributed by atoms with Gasteiger partial charge in [0.2, 0.25) is 0 Å². The molecule has 0 fully saturated rings. The van der Waals surface area contributed by atoms with Crippen molar-refractivity contribution in [2.24, 2.45) is 0 Å². The number of carbonyl (C=O) groups is 3. The van der Waals surface area contributed by atoms with Crippen molar-refractivity contribution in [3.8, 4) is 0 Å². The fourth-order valence-electron chi connectivity index (χ4n) is 7.88. The maximum absolute atomic E-state index is 12.8. The molecule has 0 bridgehead atoms. The Balaban J connectivity index is 4.26. The number of unbranched alkanes of at least 4 members (excludes halogenated alkanes) is 33. The van der Waals surface area contributed by atoms with E-state index >= 15 is 0 Å². The molecule has 0 aromatic carbocycles. The van der Waals surface area contributed by atoms with Crippen LogP contribution in [0.25, 0.3) is 0 Å². The Morgan fingerprint density at radius 2 is 0.540 bits per heavy atom. The first-order chi connectivity index (χ1) is 31.0. The molecule has 0 radical (unpaired) electrons. The summed E-state index contributed by atoms with van der Waals surface area (Å²) in [7, 11) is 0. The predicted octanol–water partition coefficient (Wildman–Crippen LogP) is 18.1. The molecule has 0 saturated heterocycles. The summed E-state index contributed by atoms with van der Waals surface area (Å²) in [5, 5.41) is 0. The molecule has 0 spiro atoms. The van der Waals surface area contributed by atoms with Crippen LogP contribution in [-0.4, -0.2) is 37.2 Å². The SMILES string of the molecule is CCCC/C=C\CCCCCCCC(=O)O[C@@H](COC(=O)CCCCCCC/C=C\CCCCCC)COC(=O)CCCCCCCCCCCCC/C=C\CCCCCCCC. The van der Waals surface area contributed by atoms with E-state index in [0.717, 1.165) is 77.0 Å². The second-order valence-electron chi connectivity index (χ2n) is 18.5. The lowest BCUT2D eigenvalue weighted by Gasteiger charge is -2.18. The molecule has 0 saturated carbocycles. The van der Waals surface area contributed by atoms with Gasteiger partial charge in [-0.2, -0.15) is 0 Å². The minimum absolute atomic E-state index is 0.0766. The van der Waals surface area contributed by atoms with Crippen LogP contribution in [0.1, 0.15) is 290 Å². The van der Waals surface area contributed by atoms with Crippen molar-refractivity contribution in [1.29, 1.82) is 0 Å². The Labute approximate surface area is 391 Å². The highest BCUT2D eigenvalue weighted by Crippen LogP contribution is 2.15. The van der Waals surface area contributed by atoms with Crippen LogP contribution in [-0.2, 0) is 28.6 Å². The smallest absolute Gasteiger partial charge is 0.306 e. The monoisotopic (exact) mass is 885 g/mol. The van der Waals surface area contributed by atoms with E-state index < -0.39 is 6.10 Å². The molecule has 0 unspecified atom stereocenters. The summed E-state index contributed by atoms with van der Waals surface area (Å²) in [6.07, 6.45) is 61.4. The highest BCUT2D eigenvalue weighted by Gasteiger charge is 2.19. The number of rotatable bonds is 50. The average Bonchev–Trinajstić information content (AvgIpc) is 3.28. The molecule has 0 aliphatic heterocycles. The van der Waals surface area contributed by atoms with Crippen LogP contribution in [0.5, 0.6) is 0 Å². The topological polar surface area (TPSA) is 78.9 Å². The second kappa shape index (κ2) is 52.3. The highest BCUT2D eigenvalue weighted by atomic mass is 16.6. The lowest BCUT2D eigenvalue weighted by Crippen LogP contribution is -2.30. The average molecular weight is 885 g/mol. The van der Waals surface area contributed by atoms with E-state index in [4.69, 9.17) is 14.2 Å². The van der Waals surface area contributed by atoms with Crippen molar-refractivity contribution in [2.45, 2.75) is 297 Å². The standard InChI is InChI=1S/C57H104O6/c1-4-7-10-13-16-19-22-24-25-26-27-28-29-30-31-33-36-38-41-44-47-50-56(59)62-53-54(63-57(60)51-48-45-42-39-34-21-18-15-12-9-6-3)52-61-55(58)49-46-43-40-37-35-32-23-20-17-14-11-8-5-2/h15,18,20,23-25,54H,4-14,16-17,19,21-22,26-53H2,1-3H3/b18-15-,23-20-,25-24-/t54-/m0/s1. The van der Waals surface area contributed by atoms with Gasteiger partial charge in [0.05, 0.1) is 0 Å². The van der Waals surface area contributed by atoms with Crippen molar-refractivity contribution in [3.05, 3.63) is 36.5 Å². The van der Waals surface area contributed by atoms with Crippen LogP contribution in [0.4, 0.5) is 0 Å². The third-order valence-electron chi connectivity index (χ3n) is 12.1. The molecule has 6 nitrogen and oxygen atoms in total. The zero-order valence-corrected chi connectivity index (χ0v) is 42.1. The quantitative estimate of drug-likeness (QED) is 0.0262. The minimum Gasteiger partial charge on any atom is -0.462 e. The van der Waals surface area contributed by atoms with Crippen molar-refractivity contribution in [3.63, 3.8) is 0 Å². The van der Waals surface area contributed by atoms with Crippen LogP contribution in [0.15, 0.2) is 36.5 Å². The van der Waals surface area contributed by atoms with Crippen LogP contribution in [0.2, 0.25) is 0 Å². The highest BCUT2D eigenvalue weighted by molar-refractivity contribution is 5.71. The van der Waals surface area contributed by atoms with Crippen molar-refractivity contribution >= 4 is 17.9 Å². The second-order valence-corrected chi connectivity index (χ2v) is 18.5. The number of esters is 3. The Kier molecular flexibility index (Phi) is 50.3. The molecular formula is C57H104O6. The van der Waals surface area contributed by atoms with E-state index in [-0.39, 0.29) is 31.1 Å². The number of hydrogen-bond acceptors (Lipinski definition) is 6. The van der Waals surface area contributed by atoms with Gasteiger partial charge in [0, 0.05) is 19.3 Å². The van der Waals surface area contributed by atoms with E-state index in [1.165, 1.54) is 173 Å². The fourth-order valence-corrected chi connectivity index (χ4v) is 7.88. The molecule has 0 aliphatic carbocycles. The first-order valence-electron chi connectivity index (χ1n) is 27.5. The predicted molar refractivity (Wildman–Crippen MR) is 270 cm³/mol.